The third-order valence-electron chi connectivity index (χ3n) is 4.95. The van der Waals surface area contributed by atoms with Crippen LogP contribution >= 0.6 is 0 Å². The van der Waals surface area contributed by atoms with Crippen molar-refractivity contribution in [3.8, 4) is 0 Å². The Labute approximate surface area is 169 Å². The van der Waals surface area contributed by atoms with Gasteiger partial charge in [0, 0.05) is 30.1 Å². The van der Waals surface area contributed by atoms with Crippen LogP contribution in [0.1, 0.15) is 35.2 Å². The summed E-state index contributed by atoms with van der Waals surface area (Å²) in [7, 11) is 0. The number of aryl methyl sites for hydroxylation is 1. The Morgan fingerprint density at radius 1 is 1.00 bits per heavy atom. The number of hydrogen-bond acceptors (Lipinski definition) is 2. The standard InChI is InChI=1S/C23H25FN2O3/c24-13-7-2-8-14-26-16-19(18-11-5-6-12-21(18)26)22(27)25-20(23(28)29)15-17-9-3-1-4-10-17/h1,3-6,9-12,16,20H,2,7-8,13-15H2,(H,25,27)(H,28,29)/t20-/m0/s1. The van der Waals surface area contributed by atoms with E-state index in [-0.39, 0.29) is 13.1 Å². The molecule has 5 nitrogen and oxygen atoms in total. The molecule has 1 amide bonds. The predicted molar refractivity (Wildman–Crippen MR) is 111 cm³/mol. The van der Waals surface area contributed by atoms with E-state index >= 15 is 0 Å². The molecule has 0 fully saturated rings. The first-order valence-corrected chi connectivity index (χ1v) is 9.81. The number of para-hydroxylation sites is 1. The Morgan fingerprint density at radius 3 is 2.45 bits per heavy atom. The molecule has 29 heavy (non-hydrogen) atoms. The van der Waals surface area contributed by atoms with Gasteiger partial charge in [0.05, 0.1) is 12.2 Å². The second-order valence-corrected chi connectivity index (χ2v) is 7.06. The number of carbonyl (C=O) groups excluding carboxylic acids is 1. The van der Waals surface area contributed by atoms with E-state index in [1.807, 2.05) is 59.2 Å². The summed E-state index contributed by atoms with van der Waals surface area (Å²) in [5.74, 6) is -1.48. The van der Waals surface area contributed by atoms with Crippen molar-refractivity contribution in [2.75, 3.05) is 6.67 Å². The van der Waals surface area contributed by atoms with E-state index in [1.165, 1.54) is 0 Å². The largest absolute Gasteiger partial charge is 0.480 e. The van der Waals surface area contributed by atoms with Crippen LogP contribution in [0.3, 0.4) is 0 Å². The maximum Gasteiger partial charge on any atom is 0.326 e. The molecular formula is C23H25FN2O3. The Bertz CT molecular complexity index is 969. The molecule has 0 aliphatic carbocycles. The third kappa shape index (κ3) is 5.22. The maximum atomic E-state index is 12.9. The average molecular weight is 396 g/mol. The number of aliphatic carboxylic acids is 1. The number of nitrogens with zero attached hydrogens (tertiary/aromatic N) is 1. The minimum absolute atomic E-state index is 0.212. The summed E-state index contributed by atoms with van der Waals surface area (Å²) in [6.45, 7) is 0.359. The highest BCUT2D eigenvalue weighted by Gasteiger charge is 2.23. The molecule has 3 aromatic rings. The first-order valence-electron chi connectivity index (χ1n) is 9.81. The quantitative estimate of drug-likeness (QED) is 0.505. The molecule has 1 atom stereocenters. The van der Waals surface area contributed by atoms with Gasteiger partial charge in [0.1, 0.15) is 6.04 Å². The van der Waals surface area contributed by atoms with Gasteiger partial charge in [-0.15, -0.1) is 0 Å². The molecule has 3 rings (SSSR count). The van der Waals surface area contributed by atoms with Gasteiger partial charge in [0.25, 0.3) is 5.91 Å². The topological polar surface area (TPSA) is 71.3 Å². The number of carbonyl (C=O) groups is 2. The lowest BCUT2D eigenvalue weighted by Crippen LogP contribution is -2.42. The molecule has 1 heterocycles. The van der Waals surface area contributed by atoms with E-state index in [9.17, 15) is 19.1 Å². The minimum atomic E-state index is -1.07. The lowest BCUT2D eigenvalue weighted by Gasteiger charge is -2.14. The lowest BCUT2D eigenvalue weighted by molar-refractivity contribution is -0.139. The summed E-state index contributed by atoms with van der Waals surface area (Å²) in [5.41, 5.74) is 2.20. The van der Waals surface area contributed by atoms with Crippen molar-refractivity contribution >= 4 is 22.8 Å². The number of halogens is 1. The van der Waals surface area contributed by atoms with E-state index in [0.29, 0.717) is 18.5 Å². The number of aromatic nitrogens is 1. The van der Waals surface area contributed by atoms with Gasteiger partial charge in [-0.1, -0.05) is 48.5 Å². The molecule has 0 saturated carbocycles. The van der Waals surface area contributed by atoms with Crippen molar-refractivity contribution in [3.63, 3.8) is 0 Å². The number of carboxylic acids is 1. The first kappa shape index (κ1) is 20.6. The SMILES string of the molecule is O=C(N[C@@H](Cc1ccccc1)C(=O)O)c1cn(CCCCCF)c2ccccc12. The van der Waals surface area contributed by atoms with Gasteiger partial charge >= 0.3 is 5.97 Å². The number of benzene rings is 2. The van der Waals surface area contributed by atoms with E-state index in [0.717, 1.165) is 29.3 Å². The predicted octanol–water partition coefficient (Wildman–Crippen LogP) is 4.21. The molecular weight excluding hydrogens is 371 g/mol. The van der Waals surface area contributed by atoms with E-state index in [1.54, 1.807) is 6.20 Å². The van der Waals surface area contributed by atoms with Crippen LogP contribution in [0.4, 0.5) is 4.39 Å². The smallest absolute Gasteiger partial charge is 0.326 e. The van der Waals surface area contributed by atoms with Crippen molar-refractivity contribution in [1.29, 1.82) is 0 Å². The second kappa shape index (κ2) is 9.87. The molecule has 0 bridgehead atoms. The van der Waals surface area contributed by atoms with Crippen LogP contribution in [-0.2, 0) is 17.8 Å². The van der Waals surface area contributed by atoms with Crippen molar-refractivity contribution < 1.29 is 19.1 Å². The molecule has 1 aromatic heterocycles. The number of alkyl halides is 1. The Morgan fingerprint density at radius 2 is 1.72 bits per heavy atom. The van der Waals surface area contributed by atoms with Crippen molar-refractivity contribution in [1.82, 2.24) is 9.88 Å². The summed E-state index contributed by atoms with van der Waals surface area (Å²) in [5, 5.41) is 13.0. The zero-order valence-corrected chi connectivity index (χ0v) is 16.2. The molecule has 0 saturated heterocycles. The number of nitrogens with one attached hydrogen (secondary N) is 1. The fourth-order valence-electron chi connectivity index (χ4n) is 3.45. The third-order valence-corrected chi connectivity index (χ3v) is 4.95. The molecule has 0 unspecified atom stereocenters. The van der Waals surface area contributed by atoms with Crippen LogP contribution in [0, 0.1) is 0 Å². The summed E-state index contributed by atoms with van der Waals surface area (Å²) in [4.78, 5) is 24.6. The Hall–Kier alpha value is -3.15. The molecule has 0 aliphatic heterocycles. The number of unbranched alkanes of at least 4 members (excludes halogenated alkanes) is 2. The van der Waals surface area contributed by atoms with E-state index in [4.69, 9.17) is 0 Å². The summed E-state index contributed by atoms with van der Waals surface area (Å²) in [6.07, 6.45) is 4.10. The number of fused-ring (bicyclic) bond motifs is 1. The highest BCUT2D eigenvalue weighted by Crippen LogP contribution is 2.22. The molecule has 0 radical (unpaired) electrons. The molecule has 0 spiro atoms. The van der Waals surface area contributed by atoms with Gasteiger partial charge in [-0.2, -0.15) is 0 Å². The molecule has 6 heteroatoms. The first-order chi connectivity index (χ1) is 14.1. The van der Waals surface area contributed by atoms with Crippen molar-refractivity contribution in [2.45, 2.75) is 38.3 Å². The lowest BCUT2D eigenvalue weighted by atomic mass is 10.1. The molecule has 2 aromatic carbocycles. The normalized spacial score (nSPS) is 12.0. The average Bonchev–Trinajstić information content (AvgIpc) is 3.10. The molecule has 0 aliphatic rings. The highest BCUT2D eigenvalue weighted by atomic mass is 19.1. The van der Waals surface area contributed by atoms with Crippen LogP contribution in [0.5, 0.6) is 0 Å². The monoisotopic (exact) mass is 396 g/mol. The zero-order valence-electron chi connectivity index (χ0n) is 16.2. The van der Waals surface area contributed by atoms with Crippen LogP contribution in [-0.4, -0.2) is 34.3 Å². The number of rotatable bonds is 10. The maximum absolute atomic E-state index is 12.9. The van der Waals surface area contributed by atoms with Crippen molar-refractivity contribution in [3.05, 3.63) is 71.9 Å². The van der Waals surface area contributed by atoms with E-state index in [2.05, 4.69) is 5.32 Å². The zero-order chi connectivity index (χ0) is 20.6. The molecule has 152 valence electrons. The fourth-order valence-corrected chi connectivity index (χ4v) is 3.45. The summed E-state index contributed by atoms with van der Waals surface area (Å²) < 4.78 is 14.3. The van der Waals surface area contributed by atoms with Gasteiger partial charge in [-0.25, -0.2) is 4.79 Å². The van der Waals surface area contributed by atoms with Crippen molar-refractivity contribution in [2.24, 2.45) is 0 Å². The highest BCUT2D eigenvalue weighted by molar-refractivity contribution is 6.07. The van der Waals surface area contributed by atoms with Gasteiger partial charge in [0.2, 0.25) is 0 Å². The summed E-state index contributed by atoms with van der Waals surface area (Å²) in [6, 6.07) is 15.7. The number of amides is 1. The van der Waals surface area contributed by atoms with Gasteiger partial charge in [0.15, 0.2) is 0 Å². The van der Waals surface area contributed by atoms with Gasteiger partial charge in [-0.05, 0) is 30.9 Å². The summed E-state index contributed by atoms with van der Waals surface area (Å²) >= 11 is 0. The van der Waals surface area contributed by atoms with Crippen LogP contribution in [0.25, 0.3) is 10.9 Å². The van der Waals surface area contributed by atoms with Crippen LogP contribution in [0.2, 0.25) is 0 Å². The Balaban J connectivity index is 1.79. The Kier molecular flexibility index (Phi) is 7.00. The number of hydrogen-bond donors (Lipinski definition) is 2. The van der Waals surface area contributed by atoms with Gasteiger partial charge in [-0.3, -0.25) is 9.18 Å². The molecule has 2 N–H and O–H groups in total. The number of carboxylic acid groups (broad SMARTS) is 1. The van der Waals surface area contributed by atoms with Crippen LogP contribution in [0.15, 0.2) is 60.8 Å². The fraction of sp³-hybridized carbons (Fsp3) is 0.304. The van der Waals surface area contributed by atoms with Crippen LogP contribution < -0.4 is 5.32 Å². The minimum Gasteiger partial charge on any atom is -0.480 e. The second-order valence-electron chi connectivity index (χ2n) is 7.06. The van der Waals surface area contributed by atoms with Gasteiger partial charge < -0.3 is 15.0 Å². The van der Waals surface area contributed by atoms with E-state index < -0.39 is 17.9 Å².